The van der Waals surface area contributed by atoms with Crippen LogP contribution in [-0.4, -0.2) is 22.8 Å². The molecule has 1 aromatic heterocycles. The van der Waals surface area contributed by atoms with Crippen molar-refractivity contribution in [3.8, 4) is 0 Å². The van der Waals surface area contributed by atoms with Crippen LogP contribution < -0.4 is 0 Å². The average Bonchev–Trinajstić information content (AvgIpc) is 2.89. The van der Waals surface area contributed by atoms with E-state index >= 15 is 0 Å². The molecule has 0 N–H and O–H groups in total. The van der Waals surface area contributed by atoms with Crippen LogP contribution in [0.2, 0.25) is 0 Å². The molecule has 4 bridgehead atoms. The van der Waals surface area contributed by atoms with Crippen LogP contribution in [-0.2, 0) is 20.7 Å². The van der Waals surface area contributed by atoms with Gasteiger partial charge in [-0.15, -0.1) is 11.3 Å². The van der Waals surface area contributed by atoms with E-state index in [9.17, 15) is 9.59 Å². The van der Waals surface area contributed by atoms with Crippen molar-refractivity contribution in [2.75, 3.05) is 0 Å². The summed E-state index contributed by atoms with van der Waals surface area (Å²) in [4.78, 5) is 29.5. The van der Waals surface area contributed by atoms with Crippen molar-refractivity contribution in [2.45, 2.75) is 64.9 Å². The van der Waals surface area contributed by atoms with E-state index in [0.717, 1.165) is 47.7 Å². The highest BCUT2D eigenvalue weighted by Gasteiger charge is 2.55. The van der Waals surface area contributed by atoms with Crippen molar-refractivity contribution in [2.24, 2.45) is 23.2 Å². The number of ketones is 1. The maximum atomic E-state index is 13.1. The summed E-state index contributed by atoms with van der Waals surface area (Å²) in [5.74, 6) is 2.00. The van der Waals surface area contributed by atoms with Crippen LogP contribution in [0.1, 0.15) is 56.2 Å². The van der Waals surface area contributed by atoms with Gasteiger partial charge in [0.2, 0.25) is 0 Å². The van der Waals surface area contributed by atoms with Gasteiger partial charge in [-0.05, 0) is 70.1 Å². The SMILES string of the molecule is Cc1nc(CC(=O)OC(C)C(=O)C23CC4CC(CC(C4)C2)C3)cs1. The van der Waals surface area contributed by atoms with Gasteiger partial charge in [-0.1, -0.05) is 0 Å². The third kappa shape index (κ3) is 2.92. The number of aryl methyl sites for hydroxylation is 1. The number of carbonyl (C=O) groups is 2. The number of ether oxygens (including phenoxy) is 1. The molecule has 1 atom stereocenters. The first kappa shape index (κ1) is 16.2. The fraction of sp³-hybridized carbons (Fsp3) is 0.737. The first-order chi connectivity index (χ1) is 11.4. The molecule has 24 heavy (non-hydrogen) atoms. The quantitative estimate of drug-likeness (QED) is 0.762. The molecule has 4 nitrogen and oxygen atoms in total. The topological polar surface area (TPSA) is 56.3 Å². The highest BCUT2D eigenvalue weighted by molar-refractivity contribution is 7.09. The van der Waals surface area contributed by atoms with Crippen molar-refractivity contribution < 1.29 is 14.3 Å². The molecule has 4 aliphatic rings. The molecule has 1 heterocycles. The first-order valence-corrected chi connectivity index (χ1v) is 9.96. The molecule has 1 unspecified atom stereocenters. The summed E-state index contributed by atoms with van der Waals surface area (Å²) in [5, 5.41) is 2.82. The summed E-state index contributed by atoms with van der Waals surface area (Å²) in [6.07, 6.45) is 6.51. The van der Waals surface area contributed by atoms with Crippen molar-refractivity contribution >= 4 is 23.1 Å². The van der Waals surface area contributed by atoms with Crippen molar-refractivity contribution in [3.05, 3.63) is 16.1 Å². The van der Waals surface area contributed by atoms with Crippen LogP contribution in [0.4, 0.5) is 0 Å². The third-order valence-electron chi connectivity index (χ3n) is 6.23. The van der Waals surface area contributed by atoms with Gasteiger partial charge >= 0.3 is 5.97 Å². The van der Waals surface area contributed by atoms with Crippen LogP contribution in [0.3, 0.4) is 0 Å². The number of esters is 1. The van der Waals surface area contributed by atoms with E-state index in [2.05, 4.69) is 4.98 Å². The van der Waals surface area contributed by atoms with Crippen molar-refractivity contribution in [1.29, 1.82) is 0 Å². The molecule has 0 saturated heterocycles. The Morgan fingerprint density at radius 3 is 2.33 bits per heavy atom. The Balaban J connectivity index is 1.40. The molecule has 4 fully saturated rings. The van der Waals surface area contributed by atoms with E-state index in [0.29, 0.717) is 0 Å². The predicted molar refractivity (Wildman–Crippen MR) is 91.7 cm³/mol. The van der Waals surface area contributed by atoms with Gasteiger partial charge in [-0.2, -0.15) is 0 Å². The summed E-state index contributed by atoms with van der Waals surface area (Å²) >= 11 is 1.52. The third-order valence-corrected chi connectivity index (χ3v) is 7.05. The Bertz CT molecular complexity index is 630. The van der Waals surface area contributed by atoms with E-state index in [1.165, 1.54) is 30.6 Å². The van der Waals surface area contributed by atoms with Crippen LogP contribution >= 0.6 is 11.3 Å². The summed E-state index contributed by atoms with van der Waals surface area (Å²) in [6, 6.07) is 0. The van der Waals surface area contributed by atoms with Crippen LogP contribution in [0, 0.1) is 30.1 Å². The minimum Gasteiger partial charge on any atom is -0.454 e. The van der Waals surface area contributed by atoms with E-state index in [1.54, 1.807) is 6.92 Å². The van der Waals surface area contributed by atoms with E-state index in [4.69, 9.17) is 4.74 Å². The second-order valence-corrected chi connectivity index (χ2v) is 9.29. The Hall–Kier alpha value is -1.23. The second kappa shape index (κ2) is 5.94. The van der Waals surface area contributed by atoms with Crippen LogP contribution in [0.5, 0.6) is 0 Å². The number of carbonyl (C=O) groups excluding carboxylic acids is 2. The predicted octanol–water partition coefficient (Wildman–Crippen LogP) is 3.71. The molecule has 0 spiro atoms. The lowest BCUT2D eigenvalue weighted by Crippen LogP contribution is -2.52. The smallest absolute Gasteiger partial charge is 0.312 e. The maximum Gasteiger partial charge on any atom is 0.312 e. The minimum atomic E-state index is -0.631. The molecular weight excluding hydrogens is 322 g/mol. The second-order valence-electron chi connectivity index (χ2n) is 8.23. The standard InChI is InChI=1S/C19H25NO3S/c1-11(23-17(21)6-16-10-24-12(2)20-16)18(22)19-7-13-3-14(8-19)5-15(4-13)9-19/h10-11,13-15H,3-9H2,1-2H3. The number of hydrogen-bond acceptors (Lipinski definition) is 5. The van der Waals surface area contributed by atoms with E-state index in [-0.39, 0.29) is 23.6 Å². The number of thiazole rings is 1. The van der Waals surface area contributed by atoms with Gasteiger partial charge in [0.15, 0.2) is 11.9 Å². The molecule has 5 heteroatoms. The van der Waals surface area contributed by atoms with Gasteiger partial charge in [0, 0.05) is 10.8 Å². The molecule has 0 aromatic carbocycles. The Morgan fingerprint density at radius 2 is 1.83 bits per heavy atom. The van der Waals surface area contributed by atoms with E-state index < -0.39 is 6.10 Å². The lowest BCUT2D eigenvalue weighted by atomic mass is 9.48. The zero-order valence-corrected chi connectivity index (χ0v) is 15.2. The first-order valence-electron chi connectivity index (χ1n) is 9.08. The van der Waals surface area contributed by atoms with Crippen molar-refractivity contribution in [1.82, 2.24) is 4.98 Å². The average molecular weight is 347 g/mol. The fourth-order valence-electron chi connectivity index (χ4n) is 5.77. The highest BCUT2D eigenvalue weighted by atomic mass is 32.1. The van der Waals surface area contributed by atoms with Crippen LogP contribution in [0.25, 0.3) is 0 Å². The van der Waals surface area contributed by atoms with Gasteiger partial charge in [0.05, 0.1) is 17.1 Å². The lowest BCUT2D eigenvalue weighted by Gasteiger charge is -2.56. The molecular formula is C19H25NO3S. The van der Waals surface area contributed by atoms with Gasteiger partial charge in [-0.25, -0.2) is 4.98 Å². The fourth-order valence-corrected chi connectivity index (χ4v) is 6.39. The number of nitrogens with zero attached hydrogens (tertiary/aromatic N) is 1. The molecule has 130 valence electrons. The number of hydrogen-bond donors (Lipinski definition) is 0. The monoisotopic (exact) mass is 347 g/mol. The Morgan fingerprint density at radius 1 is 1.25 bits per heavy atom. The largest absolute Gasteiger partial charge is 0.454 e. The van der Waals surface area contributed by atoms with Crippen molar-refractivity contribution in [3.63, 3.8) is 0 Å². The number of aromatic nitrogens is 1. The molecule has 5 rings (SSSR count). The summed E-state index contributed by atoms with van der Waals surface area (Å²) < 4.78 is 5.49. The molecule has 4 saturated carbocycles. The van der Waals surface area contributed by atoms with Gasteiger partial charge in [0.25, 0.3) is 0 Å². The summed E-state index contributed by atoms with van der Waals surface area (Å²) in [6.45, 7) is 3.67. The number of rotatable bonds is 5. The van der Waals surface area contributed by atoms with Gasteiger partial charge < -0.3 is 4.74 Å². The maximum absolute atomic E-state index is 13.1. The zero-order chi connectivity index (χ0) is 16.9. The van der Waals surface area contributed by atoms with E-state index in [1.807, 2.05) is 12.3 Å². The lowest BCUT2D eigenvalue weighted by molar-refractivity contribution is -0.164. The van der Waals surface area contributed by atoms with Gasteiger partial charge in [-0.3, -0.25) is 9.59 Å². The molecule has 0 amide bonds. The zero-order valence-electron chi connectivity index (χ0n) is 14.4. The minimum absolute atomic E-state index is 0.156. The molecule has 1 aromatic rings. The van der Waals surface area contributed by atoms with Gasteiger partial charge in [0.1, 0.15) is 0 Å². The number of Topliss-reactive ketones (excluding diaryl/α,β-unsaturated/α-hetero) is 1. The molecule has 0 radical (unpaired) electrons. The molecule has 0 aliphatic heterocycles. The summed E-state index contributed by atoms with van der Waals surface area (Å²) in [7, 11) is 0. The normalized spacial score (nSPS) is 35.0. The highest BCUT2D eigenvalue weighted by Crippen LogP contribution is 2.60. The molecule has 4 aliphatic carbocycles. The Labute approximate surface area is 147 Å². The van der Waals surface area contributed by atoms with Crippen LogP contribution in [0.15, 0.2) is 5.38 Å². The Kier molecular flexibility index (Phi) is 4.02. The summed E-state index contributed by atoms with van der Waals surface area (Å²) in [5.41, 5.74) is 0.531.